The summed E-state index contributed by atoms with van der Waals surface area (Å²) < 4.78 is 5.50. The zero-order chi connectivity index (χ0) is 20.8. The first-order valence-corrected chi connectivity index (χ1v) is 10.3. The molecule has 0 spiro atoms. The Morgan fingerprint density at radius 1 is 0.867 bits per heavy atom. The number of carbonyl (C=O) groups excluding carboxylic acids is 1. The second-order valence-corrected chi connectivity index (χ2v) is 7.45. The number of para-hydroxylation sites is 3. The van der Waals surface area contributed by atoms with E-state index in [1.54, 1.807) is 7.11 Å². The van der Waals surface area contributed by atoms with Crippen LogP contribution < -0.4 is 15.0 Å². The van der Waals surface area contributed by atoms with Gasteiger partial charge in [0, 0.05) is 44.0 Å². The topological polar surface area (TPSA) is 44.8 Å². The quantitative estimate of drug-likeness (QED) is 0.670. The van der Waals surface area contributed by atoms with Crippen molar-refractivity contribution in [3.8, 4) is 5.75 Å². The molecule has 1 amide bonds. The van der Waals surface area contributed by atoms with Crippen molar-refractivity contribution in [3.05, 3.63) is 90.0 Å². The molecule has 3 aromatic carbocycles. The van der Waals surface area contributed by atoms with Gasteiger partial charge < -0.3 is 15.0 Å². The summed E-state index contributed by atoms with van der Waals surface area (Å²) in [5.41, 5.74) is 3.86. The van der Waals surface area contributed by atoms with E-state index < -0.39 is 0 Å². The van der Waals surface area contributed by atoms with Crippen molar-refractivity contribution < 1.29 is 9.53 Å². The molecule has 0 aliphatic carbocycles. The standard InChI is InChI=1S/C25H27N3O2/c1-30-24-10-6-5-9-23(24)28-17-15-27(16-18-28)19-20-11-13-21(14-12-20)25(29)26-22-7-3-2-4-8-22/h2-14H,15-19H2,1H3,(H,26,29). The minimum Gasteiger partial charge on any atom is -0.495 e. The number of amides is 1. The summed E-state index contributed by atoms with van der Waals surface area (Å²) in [5, 5.41) is 2.92. The number of rotatable bonds is 6. The Morgan fingerprint density at radius 2 is 1.53 bits per heavy atom. The van der Waals surface area contributed by atoms with Gasteiger partial charge >= 0.3 is 0 Å². The SMILES string of the molecule is COc1ccccc1N1CCN(Cc2ccc(C(=O)Nc3ccccc3)cc2)CC1. The molecule has 30 heavy (non-hydrogen) atoms. The van der Waals surface area contributed by atoms with Gasteiger partial charge in [-0.05, 0) is 42.0 Å². The van der Waals surface area contributed by atoms with E-state index in [9.17, 15) is 4.79 Å². The summed E-state index contributed by atoms with van der Waals surface area (Å²) in [6, 6.07) is 25.6. The van der Waals surface area contributed by atoms with Crippen LogP contribution in [0.2, 0.25) is 0 Å². The van der Waals surface area contributed by atoms with Crippen molar-refractivity contribution in [3.63, 3.8) is 0 Å². The average Bonchev–Trinajstić information content (AvgIpc) is 2.81. The Balaban J connectivity index is 1.31. The van der Waals surface area contributed by atoms with Gasteiger partial charge in [0.1, 0.15) is 5.75 Å². The number of anilines is 2. The fraction of sp³-hybridized carbons (Fsp3) is 0.240. The van der Waals surface area contributed by atoms with Crippen LogP contribution in [-0.2, 0) is 6.54 Å². The summed E-state index contributed by atoms with van der Waals surface area (Å²) in [7, 11) is 1.72. The van der Waals surface area contributed by atoms with Crippen molar-refractivity contribution in [1.29, 1.82) is 0 Å². The second-order valence-electron chi connectivity index (χ2n) is 7.45. The number of hydrogen-bond donors (Lipinski definition) is 1. The number of ether oxygens (including phenoxy) is 1. The summed E-state index contributed by atoms with van der Waals surface area (Å²) in [6.07, 6.45) is 0. The molecule has 154 valence electrons. The van der Waals surface area contributed by atoms with E-state index in [4.69, 9.17) is 4.74 Å². The van der Waals surface area contributed by atoms with Crippen LogP contribution >= 0.6 is 0 Å². The lowest BCUT2D eigenvalue weighted by atomic mass is 10.1. The molecule has 4 rings (SSSR count). The molecule has 5 nitrogen and oxygen atoms in total. The van der Waals surface area contributed by atoms with E-state index >= 15 is 0 Å². The van der Waals surface area contributed by atoms with Gasteiger partial charge in [0.2, 0.25) is 0 Å². The normalized spacial score (nSPS) is 14.4. The van der Waals surface area contributed by atoms with Crippen LogP contribution in [0.1, 0.15) is 15.9 Å². The molecule has 1 saturated heterocycles. The molecule has 1 aliphatic rings. The van der Waals surface area contributed by atoms with Crippen LogP contribution in [-0.4, -0.2) is 44.1 Å². The predicted octanol–water partition coefficient (Wildman–Crippen LogP) is 4.27. The largest absolute Gasteiger partial charge is 0.495 e. The van der Waals surface area contributed by atoms with E-state index in [1.807, 2.05) is 66.7 Å². The number of hydrogen-bond acceptors (Lipinski definition) is 4. The predicted molar refractivity (Wildman–Crippen MR) is 121 cm³/mol. The molecule has 0 unspecified atom stereocenters. The summed E-state index contributed by atoms with van der Waals surface area (Å²) >= 11 is 0. The van der Waals surface area contributed by atoms with Crippen LogP contribution in [0.5, 0.6) is 5.75 Å². The molecule has 0 atom stereocenters. The van der Waals surface area contributed by atoms with Crippen LogP contribution in [0.4, 0.5) is 11.4 Å². The van der Waals surface area contributed by atoms with E-state index in [0.717, 1.165) is 49.8 Å². The van der Waals surface area contributed by atoms with E-state index in [1.165, 1.54) is 5.56 Å². The van der Waals surface area contributed by atoms with Gasteiger partial charge in [-0.2, -0.15) is 0 Å². The smallest absolute Gasteiger partial charge is 0.255 e. The minimum atomic E-state index is -0.0850. The van der Waals surface area contributed by atoms with Gasteiger partial charge in [-0.25, -0.2) is 0 Å². The van der Waals surface area contributed by atoms with Gasteiger partial charge in [-0.15, -0.1) is 0 Å². The van der Waals surface area contributed by atoms with E-state index in [0.29, 0.717) is 5.56 Å². The molecule has 1 heterocycles. The number of nitrogens with one attached hydrogen (secondary N) is 1. The molecule has 0 radical (unpaired) electrons. The number of carbonyl (C=O) groups is 1. The van der Waals surface area contributed by atoms with Crippen LogP contribution in [0, 0.1) is 0 Å². The second kappa shape index (κ2) is 9.46. The minimum absolute atomic E-state index is 0.0850. The number of benzene rings is 3. The van der Waals surface area contributed by atoms with Gasteiger partial charge in [-0.1, -0.05) is 42.5 Å². The maximum absolute atomic E-state index is 12.4. The fourth-order valence-corrected chi connectivity index (χ4v) is 3.78. The fourth-order valence-electron chi connectivity index (χ4n) is 3.78. The third kappa shape index (κ3) is 4.81. The number of methoxy groups -OCH3 is 1. The lowest BCUT2D eigenvalue weighted by Crippen LogP contribution is -2.46. The molecular weight excluding hydrogens is 374 g/mol. The molecule has 1 aliphatic heterocycles. The highest BCUT2D eigenvalue weighted by molar-refractivity contribution is 6.04. The molecule has 5 heteroatoms. The highest BCUT2D eigenvalue weighted by Gasteiger charge is 2.19. The third-order valence-electron chi connectivity index (χ3n) is 5.45. The number of nitrogens with zero attached hydrogens (tertiary/aromatic N) is 2. The highest BCUT2D eigenvalue weighted by Crippen LogP contribution is 2.28. The first-order chi connectivity index (χ1) is 14.7. The Kier molecular flexibility index (Phi) is 6.30. The zero-order valence-corrected chi connectivity index (χ0v) is 17.3. The van der Waals surface area contributed by atoms with E-state index in [-0.39, 0.29) is 5.91 Å². The summed E-state index contributed by atoms with van der Waals surface area (Å²) in [4.78, 5) is 17.2. The zero-order valence-electron chi connectivity index (χ0n) is 17.3. The summed E-state index contributed by atoms with van der Waals surface area (Å²) in [6.45, 7) is 4.82. The molecule has 3 aromatic rings. The number of piperazine rings is 1. The first-order valence-electron chi connectivity index (χ1n) is 10.3. The Morgan fingerprint density at radius 3 is 2.23 bits per heavy atom. The molecular formula is C25H27N3O2. The van der Waals surface area contributed by atoms with Gasteiger partial charge in [0.15, 0.2) is 0 Å². The summed E-state index contributed by atoms with van der Waals surface area (Å²) in [5.74, 6) is 0.841. The Hall–Kier alpha value is -3.31. The molecule has 1 fully saturated rings. The molecule has 0 saturated carbocycles. The van der Waals surface area contributed by atoms with Crippen molar-refractivity contribution in [2.75, 3.05) is 43.5 Å². The van der Waals surface area contributed by atoms with Gasteiger partial charge in [-0.3, -0.25) is 9.69 Å². The van der Waals surface area contributed by atoms with Crippen molar-refractivity contribution in [2.24, 2.45) is 0 Å². The van der Waals surface area contributed by atoms with Crippen LogP contribution in [0.3, 0.4) is 0 Å². The van der Waals surface area contributed by atoms with E-state index in [2.05, 4.69) is 27.2 Å². The highest BCUT2D eigenvalue weighted by atomic mass is 16.5. The monoisotopic (exact) mass is 401 g/mol. The maximum atomic E-state index is 12.4. The van der Waals surface area contributed by atoms with Gasteiger partial charge in [0.25, 0.3) is 5.91 Å². The van der Waals surface area contributed by atoms with Crippen LogP contribution in [0.15, 0.2) is 78.9 Å². The van der Waals surface area contributed by atoms with Gasteiger partial charge in [0.05, 0.1) is 12.8 Å². The Labute approximate surface area is 177 Å². The van der Waals surface area contributed by atoms with Crippen molar-refractivity contribution in [2.45, 2.75) is 6.54 Å². The van der Waals surface area contributed by atoms with Crippen molar-refractivity contribution >= 4 is 17.3 Å². The Bertz CT molecular complexity index is 965. The van der Waals surface area contributed by atoms with Crippen LogP contribution in [0.25, 0.3) is 0 Å². The molecule has 1 N–H and O–H groups in total. The lowest BCUT2D eigenvalue weighted by Gasteiger charge is -2.36. The first kappa shape index (κ1) is 20.0. The average molecular weight is 402 g/mol. The molecule has 0 bridgehead atoms. The molecule has 0 aromatic heterocycles. The van der Waals surface area contributed by atoms with Crippen molar-refractivity contribution in [1.82, 2.24) is 4.90 Å². The lowest BCUT2D eigenvalue weighted by molar-refractivity contribution is 0.102. The third-order valence-corrected chi connectivity index (χ3v) is 5.45. The maximum Gasteiger partial charge on any atom is 0.255 e.